The molecule has 2 rings (SSSR count). The summed E-state index contributed by atoms with van der Waals surface area (Å²) in [7, 11) is -3.53. The van der Waals surface area contributed by atoms with Gasteiger partial charge in [-0.3, -0.25) is 4.90 Å². The van der Waals surface area contributed by atoms with E-state index in [0.717, 1.165) is 0 Å². The molecule has 0 unspecified atom stereocenters. The van der Waals surface area contributed by atoms with Crippen LogP contribution in [-0.2, 0) is 10.0 Å². The van der Waals surface area contributed by atoms with Crippen LogP contribution in [0.25, 0.3) is 0 Å². The molecular weight excluding hydrogens is 291 g/mol. The molecule has 0 amide bonds. The van der Waals surface area contributed by atoms with E-state index in [9.17, 15) is 12.8 Å². The van der Waals surface area contributed by atoms with Gasteiger partial charge in [-0.05, 0) is 51.5 Å². The number of benzene rings is 1. The van der Waals surface area contributed by atoms with E-state index in [-0.39, 0.29) is 16.3 Å². The molecule has 0 radical (unpaired) electrons. The van der Waals surface area contributed by atoms with Gasteiger partial charge in [0.05, 0.1) is 4.90 Å². The molecule has 0 aliphatic carbocycles. The predicted molar refractivity (Wildman–Crippen MR) is 81.2 cm³/mol. The first-order chi connectivity index (χ1) is 9.62. The lowest BCUT2D eigenvalue weighted by molar-refractivity contribution is 0.0922. The fourth-order valence-electron chi connectivity index (χ4n) is 2.53. The number of hydrogen-bond donors (Lipinski definition) is 0. The molecule has 21 heavy (non-hydrogen) atoms. The minimum Gasteiger partial charge on any atom is -0.296 e. The lowest BCUT2D eigenvalue weighted by Gasteiger charge is -2.41. The molecule has 0 bridgehead atoms. The molecule has 1 saturated heterocycles. The molecule has 1 aliphatic rings. The van der Waals surface area contributed by atoms with Crippen LogP contribution in [0.15, 0.2) is 23.1 Å². The van der Waals surface area contributed by atoms with Crippen molar-refractivity contribution in [3.8, 4) is 0 Å². The molecular formula is C15H23FN2O2S. The maximum atomic E-state index is 13.3. The Bertz CT molecular complexity index is 615. The van der Waals surface area contributed by atoms with Gasteiger partial charge in [-0.25, -0.2) is 12.8 Å². The Morgan fingerprint density at radius 1 is 1.10 bits per heavy atom. The second kappa shape index (κ2) is 5.66. The highest BCUT2D eigenvalue weighted by Gasteiger charge is 2.32. The van der Waals surface area contributed by atoms with Gasteiger partial charge in [0.15, 0.2) is 0 Å². The van der Waals surface area contributed by atoms with Crippen LogP contribution in [-0.4, -0.2) is 49.3 Å². The van der Waals surface area contributed by atoms with Gasteiger partial charge in [0.2, 0.25) is 10.0 Å². The Kier molecular flexibility index (Phi) is 4.42. The van der Waals surface area contributed by atoms with Crippen molar-refractivity contribution >= 4 is 10.0 Å². The van der Waals surface area contributed by atoms with Crippen LogP contribution in [0.3, 0.4) is 0 Å². The van der Waals surface area contributed by atoms with Crippen LogP contribution in [0.1, 0.15) is 26.3 Å². The van der Waals surface area contributed by atoms with E-state index in [1.54, 1.807) is 6.92 Å². The second-order valence-corrected chi connectivity index (χ2v) is 8.41. The van der Waals surface area contributed by atoms with Crippen LogP contribution in [0.4, 0.5) is 4.39 Å². The van der Waals surface area contributed by atoms with Gasteiger partial charge in [0.25, 0.3) is 0 Å². The van der Waals surface area contributed by atoms with Crippen LogP contribution in [0.2, 0.25) is 0 Å². The van der Waals surface area contributed by atoms with Gasteiger partial charge < -0.3 is 0 Å². The van der Waals surface area contributed by atoms with E-state index < -0.39 is 10.0 Å². The Hall–Kier alpha value is -0.980. The third-order valence-corrected chi connectivity index (χ3v) is 5.85. The summed E-state index contributed by atoms with van der Waals surface area (Å²) in [5, 5.41) is 0. The van der Waals surface area contributed by atoms with Gasteiger partial charge in [-0.2, -0.15) is 4.31 Å². The van der Waals surface area contributed by atoms with Gasteiger partial charge in [-0.1, -0.05) is 0 Å². The quantitative estimate of drug-likeness (QED) is 0.840. The van der Waals surface area contributed by atoms with E-state index in [1.807, 2.05) is 0 Å². The molecule has 0 spiro atoms. The van der Waals surface area contributed by atoms with Crippen molar-refractivity contribution < 1.29 is 12.8 Å². The molecule has 1 aromatic carbocycles. The average molecular weight is 314 g/mol. The van der Waals surface area contributed by atoms with Crippen molar-refractivity contribution in [2.24, 2.45) is 0 Å². The highest BCUT2D eigenvalue weighted by molar-refractivity contribution is 7.89. The monoisotopic (exact) mass is 314 g/mol. The summed E-state index contributed by atoms with van der Waals surface area (Å²) in [5.41, 5.74) is 0.395. The summed E-state index contributed by atoms with van der Waals surface area (Å²) < 4.78 is 40.0. The number of nitrogens with zero attached hydrogens (tertiary/aromatic N) is 2. The van der Waals surface area contributed by atoms with Crippen molar-refractivity contribution in [2.45, 2.75) is 38.1 Å². The summed E-state index contributed by atoms with van der Waals surface area (Å²) in [5.74, 6) is -0.383. The third kappa shape index (κ3) is 3.44. The molecule has 0 saturated carbocycles. The first kappa shape index (κ1) is 16.4. The summed E-state index contributed by atoms with van der Waals surface area (Å²) in [6, 6.07) is 3.96. The average Bonchev–Trinajstić information content (AvgIpc) is 2.41. The highest BCUT2D eigenvalue weighted by atomic mass is 32.2. The molecule has 1 aromatic rings. The first-order valence-electron chi connectivity index (χ1n) is 7.14. The number of sulfonamides is 1. The van der Waals surface area contributed by atoms with E-state index >= 15 is 0 Å². The summed E-state index contributed by atoms with van der Waals surface area (Å²) in [4.78, 5) is 2.44. The molecule has 0 atom stereocenters. The Morgan fingerprint density at radius 2 is 1.67 bits per heavy atom. The van der Waals surface area contributed by atoms with Crippen molar-refractivity contribution in [1.82, 2.24) is 9.21 Å². The lowest BCUT2D eigenvalue weighted by Crippen LogP contribution is -2.54. The fourth-order valence-corrected chi connectivity index (χ4v) is 4.03. The minimum atomic E-state index is -3.53. The number of aryl methyl sites for hydroxylation is 1. The molecule has 6 heteroatoms. The van der Waals surface area contributed by atoms with E-state index in [4.69, 9.17) is 0 Å². The predicted octanol–water partition coefficient (Wildman–Crippen LogP) is 2.24. The topological polar surface area (TPSA) is 40.6 Å². The molecule has 1 aliphatic heterocycles. The largest absolute Gasteiger partial charge is 0.296 e. The van der Waals surface area contributed by atoms with Crippen molar-refractivity contribution in [1.29, 1.82) is 0 Å². The zero-order valence-electron chi connectivity index (χ0n) is 13.1. The van der Waals surface area contributed by atoms with Crippen LogP contribution < -0.4 is 0 Å². The van der Waals surface area contributed by atoms with Gasteiger partial charge in [-0.15, -0.1) is 0 Å². The van der Waals surface area contributed by atoms with E-state index in [0.29, 0.717) is 31.7 Å². The van der Waals surface area contributed by atoms with Crippen LogP contribution in [0.5, 0.6) is 0 Å². The van der Waals surface area contributed by atoms with E-state index in [2.05, 4.69) is 25.7 Å². The second-order valence-electron chi connectivity index (χ2n) is 6.47. The van der Waals surface area contributed by atoms with Crippen LogP contribution in [0, 0.1) is 12.7 Å². The molecule has 118 valence electrons. The summed E-state index contributed by atoms with van der Waals surface area (Å²) in [6.07, 6.45) is 0. The molecule has 0 aromatic heterocycles. The smallest absolute Gasteiger partial charge is 0.243 e. The standard InChI is InChI=1S/C15H23FN2O2S/c1-12-11-13(5-6-14(12)16)21(19,20)18-9-7-17(8-10-18)15(2,3)4/h5-6,11H,7-10H2,1-4H3. The number of hydrogen-bond acceptors (Lipinski definition) is 3. The van der Waals surface area contributed by atoms with E-state index in [1.165, 1.54) is 22.5 Å². The maximum Gasteiger partial charge on any atom is 0.243 e. The first-order valence-corrected chi connectivity index (χ1v) is 8.58. The molecule has 4 nitrogen and oxygen atoms in total. The lowest BCUT2D eigenvalue weighted by atomic mass is 10.1. The normalized spacial score (nSPS) is 18.9. The third-order valence-electron chi connectivity index (χ3n) is 3.95. The zero-order valence-corrected chi connectivity index (χ0v) is 13.9. The minimum absolute atomic E-state index is 0.0440. The number of halogens is 1. The van der Waals surface area contributed by atoms with Gasteiger partial charge in [0.1, 0.15) is 5.82 Å². The van der Waals surface area contributed by atoms with Gasteiger partial charge >= 0.3 is 0 Å². The fraction of sp³-hybridized carbons (Fsp3) is 0.600. The zero-order chi connectivity index (χ0) is 15.8. The van der Waals surface area contributed by atoms with Crippen molar-refractivity contribution in [2.75, 3.05) is 26.2 Å². The molecule has 0 N–H and O–H groups in total. The van der Waals surface area contributed by atoms with Crippen LogP contribution >= 0.6 is 0 Å². The van der Waals surface area contributed by atoms with Crippen molar-refractivity contribution in [3.63, 3.8) is 0 Å². The van der Waals surface area contributed by atoms with Gasteiger partial charge in [0, 0.05) is 31.7 Å². The Balaban J connectivity index is 2.17. The summed E-state index contributed by atoms with van der Waals surface area (Å²) >= 11 is 0. The maximum absolute atomic E-state index is 13.3. The number of piperazine rings is 1. The Labute approximate surface area is 126 Å². The SMILES string of the molecule is Cc1cc(S(=O)(=O)N2CCN(C(C)(C)C)CC2)ccc1F. The molecule has 1 heterocycles. The summed E-state index contributed by atoms with van der Waals surface area (Å²) in [6.45, 7) is 10.3. The van der Waals surface area contributed by atoms with Crippen molar-refractivity contribution in [3.05, 3.63) is 29.6 Å². The number of rotatable bonds is 2. The highest BCUT2D eigenvalue weighted by Crippen LogP contribution is 2.22. The Morgan fingerprint density at radius 3 is 2.14 bits per heavy atom. The molecule has 1 fully saturated rings.